The van der Waals surface area contributed by atoms with Crippen molar-refractivity contribution in [2.24, 2.45) is 16.8 Å². The lowest BCUT2D eigenvalue weighted by Crippen LogP contribution is -2.55. The number of hydrogen-bond donors (Lipinski definition) is 1. The predicted octanol–water partition coefficient (Wildman–Crippen LogP) is 7.82. The molecule has 1 aromatic heterocycles. The number of hydrogen-bond acceptors (Lipinski definition) is 5. The first kappa shape index (κ1) is 28.6. The lowest BCUT2D eigenvalue weighted by atomic mass is 9.72. The Morgan fingerprint density at radius 3 is 2.50 bits per heavy atom. The van der Waals surface area contributed by atoms with E-state index in [4.69, 9.17) is 9.73 Å². The van der Waals surface area contributed by atoms with Gasteiger partial charge >= 0.3 is 0 Å². The number of ether oxygens (including phenoxy) is 1. The van der Waals surface area contributed by atoms with Gasteiger partial charge in [-0.15, -0.1) is 0 Å². The quantitative estimate of drug-likeness (QED) is 0.323. The zero-order valence-electron chi connectivity index (χ0n) is 25.7. The van der Waals surface area contributed by atoms with Gasteiger partial charge in [0.1, 0.15) is 11.5 Å². The molecule has 4 heterocycles. The normalized spacial score (nSPS) is 24.1. The minimum absolute atomic E-state index is 0.0447. The minimum atomic E-state index is -0.186. The number of fused-ring (bicyclic) bond motifs is 4. The molecule has 3 aliphatic heterocycles. The van der Waals surface area contributed by atoms with Gasteiger partial charge in [-0.2, -0.15) is 0 Å². The summed E-state index contributed by atoms with van der Waals surface area (Å²) in [6.45, 7) is 17.7. The van der Waals surface area contributed by atoms with Gasteiger partial charge in [-0.25, -0.2) is 0 Å². The van der Waals surface area contributed by atoms with Gasteiger partial charge in [0.25, 0.3) is 0 Å². The van der Waals surface area contributed by atoms with Crippen LogP contribution in [0, 0.1) is 11.8 Å². The predicted molar refractivity (Wildman–Crippen MR) is 166 cm³/mol. The van der Waals surface area contributed by atoms with Crippen molar-refractivity contribution in [1.82, 2.24) is 9.88 Å². The molecule has 5 heteroatoms. The number of rotatable bonds is 6. The summed E-state index contributed by atoms with van der Waals surface area (Å²) in [5, 5.41) is 12.6. The second kappa shape index (κ2) is 10.8. The molecule has 0 radical (unpaired) electrons. The molecule has 40 heavy (non-hydrogen) atoms. The van der Waals surface area contributed by atoms with E-state index in [0.717, 1.165) is 59.1 Å². The molecule has 0 aliphatic carbocycles. The van der Waals surface area contributed by atoms with Crippen LogP contribution in [0.25, 0.3) is 10.9 Å². The topological polar surface area (TPSA) is 58.0 Å². The number of aromatic nitrogens is 1. The molecule has 3 saturated heterocycles. The Bertz CT molecular complexity index is 1400. The van der Waals surface area contributed by atoms with Gasteiger partial charge in [-0.3, -0.25) is 14.9 Å². The first-order valence-electron chi connectivity index (χ1n) is 15.0. The minimum Gasteiger partial charge on any atom is -0.507 e. The van der Waals surface area contributed by atoms with Crippen LogP contribution in [-0.2, 0) is 10.8 Å². The van der Waals surface area contributed by atoms with E-state index in [-0.39, 0.29) is 16.9 Å². The molecular weight excluding hydrogens is 494 g/mol. The Balaban J connectivity index is 1.65. The average Bonchev–Trinajstić information content (AvgIpc) is 2.92. The molecule has 3 aliphatic rings. The van der Waals surface area contributed by atoms with E-state index < -0.39 is 0 Å². The van der Waals surface area contributed by atoms with Gasteiger partial charge in [-0.1, -0.05) is 61.0 Å². The number of piperidine rings is 3. The van der Waals surface area contributed by atoms with Crippen molar-refractivity contribution < 1.29 is 9.84 Å². The van der Waals surface area contributed by atoms with Crippen molar-refractivity contribution in [2.75, 3.05) is 20.2 Å². The monoisotopic (exact) mass is 541 g/mol. The Hall–Kier alpha value is -2.92. The number of benzene rings is 2. The van der Waals surface area contributed by atoms with E-state index in [0.29, 0.717) is 11.8 Å². The van der Waals surface area contributed by atoms with Crippen LogP contribution >= 0.6 is 0 Å². The number of pyridine rings is 1. The highest BCUT2D eigenvalue weighted by atomic mass is 16.5. The van der Waals surface area contributed by atoms with Crippen LogP contribution in [0.1, 0.15) is 96.0 Å². The van der Waals surface area contributed by atoms with Gasteiger partial charge in [-0.05, 0) is 83.5 Å². The highest BCUT2D eigenvalue weighted by Gasteiger charge is 2.43. The molecule has 214 valence electrons. The largest absolute Gasteiger partial charge is 0.507 e. The van der Waals surface area contributed by atoms with E-state index in [1.807, 2.05) is 24.5 Å². The third-order valence-electron chi connectivity index (χ3n) is 9.31. The van der Waals surface area contributed by atoms with E-state index in [2.05, 4.69) is 82.6 Å². The summed E-state index contributed by atoms with van der Waals surface area (Å²) in [6.07, 6.45) is 7.51. The summed E-state index contributed by atoms with van der Waals surface area (Å²) in [5.74, 6) is 2.67. The summed E-state index contributed by atoms with van der Waals surface area (Å²) in [7, 11) is 1.71. The Morgan fingerprint density at radius 1 is 1.10 bits per heavy atom. The van der Waals surface area contributed by atoms with E-state index in [1.54, 1.807) is 7.11 Å². The molecule has 4 unspecified atom stereocenters. The molecule has 3 fully saturated rings. The number of methoxy groups -OCH3 is 1. The molecule has 1 N–H and O–H groups in total. The number of aliphatic imine (C=N–C) groups is 1. The third kappa shape index (κ3) is 5.50. The Labute approximate surface area is 240 Å². The van der Waals surface area contributed by atoms with Gasteiger partial charge in [0, 0.05) is 41.5 Å². The van der Waals surface area contributed by atoms with Gasteiger partial charge < -0.3 is 9.84 Å². The van der Waals surface area contributed by atoms with Crippen LogP contribution in [0.15, 0.2) is 47.6 Å². The maximum Gasteiger partial charge on any atom is 0.128 e. The zero-order valence-corrected chi connectivity index (χ0v) is 25.7. The van der Waals surface area contributed by atoms with E-state index >= 15 is 0 Å². The summed E-state index contributed by atoms with van der Waals surface area (Å²) in [5.41, 5.74) is 4.86. The third-order valence-corrected chi connectivity index (χ3v) is 9.31. The number of phenolic OH excluding ortho intramolecular Hbond substituents is 1. The standard InChI is InChI=1S/C35H47N3O2/c1-9-22-21-38-15-13-23(22)17-31(38)32(27-12-14-36-30-11-10-26(40-8)19-28(27)30)37-20-24-16-25(34(2,3)4)18-29(33(24)39)35(5,6)7/h10-12,14,16,18-20,22-23,31-32,39H,9,13,15,17,21H2,1-8H3/t22?,23?,31?,32-/m0/s1. The van der Waals surface area contributed by atoms with E-state index in [9.17, 15) is 5.11 Å². The van der Waals surface area contributed by atoms with Gasteiger partial charge in [0.05, 0.1) is 18.7 Å². The maximum absolute atomic E-state index is 11.5. The fraction of sp³-hybridized carbons (Fsp3) is 0.543. The summed E-state index contributed by atoms with van der Waals surface area (Å²) in [6, 6.07) is 12.8. The number of aromatic hydroxyl groups is 1. The van der Waals surface area contributed by atoms with Crippen molar-refractivity contribution >= 4 is 17.1 Å². The molecule has 6 rings (SSSR count). The van der Waals surface area contributed by atoms with Crippen LogP contribution in [0.5, 0.6) is 11.5 Å². The second-order valence-corrected chi connectivity index (χ2v) is 14.0. The Morgan fingerprint density at radius 2 is 1.88 bits per heavy atom. The highest BCUT2D eigenvalue weighted by Crippen LogP contribution is 2.45. The Kier molecular flexibility index (Phi) is 7.73. The zero-order chi connectivity index (χ0) is 28.8. The molecule has 3 aromatic rings. The van der Waals surface area contributed by atoms with Crippen LogP contribution in [0.3, 0.4) is 0 Å². The van der Waals surface area contributed by atoms with Crippen molar-refractivity contribution in [3.05, 3.63) is 64.8 Å². The molecule has 0 saturated carbocycles. The molecule has 5 nitrogen and oxygen atoms in total. The molecule has 0 spiro atoms. The smallest absolute Gasteiger partial charge is 0.128 e. The second-order valence-electron chi connectivity index (χ2n) is 14.0. The maximum atomic E-state index is 11.5. The first-order chi connectivity index (χ1) is 18.9. The van der Waals surface area contributed by atoms with Gasteiger partial charge in [0.15, 0.2) is 0 Å². The van der Waals surface area contributed by atoms with E-state index in [1.165, 1.54) is 24.0 Å². The molecule has 5 atom stereocenters. The number of nitrogens with zero attached hydrogens (tertiary/aromatic N) is 3. The first-order valence-corrected chi connectivity index (χ1v) is 15.0. The van der Waals surface area contributed by atoms with Crippen molar-refractivity contribution in [1.29, 1.82) is 0 Å². The van der Waals surface area contributed by atoms with Crippen molar-refractivity contribution in [2.45, 2.75) is 90.6 Å². The lowest BCUT2D eigenvalue weighted by Gasteiger charge is -2.51. The van der Waals surface area contributed by atoms with Crippen molar-refractivity contribution in [3.63, 3.8) is 0 Å². The molecule has 2 aromatic carbocycles. The van der Waals surface area contributed by atoms with Crippen LogP contribution in [0.4, 0.5) is 0 Å². The molecule has 0 amide bonds. The van der Waals surface area contributed by atoms with Crippen LogP contribution in [-0.4, -0.2) is 47.4 Å². The van der Waals surface area contributed by atoms with Crippen molar-refractivity contribution in [3.8, 4) is 11.5 Å². The van der Waals surface area contributed by atoms with Crippen LogP contribution in [0.2, 0.25) is 0 Å². The summed E-state index contributed by atoms with van der Waals surface area (Å²) < 4.78 is 5.61. The summed E-state index contributed by atoms with van der Waals surface area (Å²) in [4.78, 5) is 12.7. The highest BCUT2D eigenvalue weighted by molar-refractivity contribution is 5.87. The number of phenols is 1. The fourth-order valence-electron chi connectivity index (χ4n) is 6.81. The molecular formula is C35H47N3O2. The van der Waals surface area contributed by atoms with Crippen LogP contribution < -0.4 is 4.74 Å². The van der Waals surface area contributed by atoms with Gasteiger partial charge in [0.2, 0.25) is 0 Å². The fourth-order valence-corrected chi connectivity index (χ4v) is 6.81. The summed E-state index contributed by atoms with van der Waals surface area (Å²) >= 11 is 0. The SMILES string of the molecule is CCC1CN2CCC1CC2[C@@H](N=Cc1cc(C(C)(C)C)cc(C(C)(C)C)c1O)c1ccnc2ccc(OC)cc12. The lowest BCUT2D eigenvalue weighted by molar-refractivity contribution is -0.0101. The molecule has 2 bridgehead atoms. The average molecular weight is 542 g/mol.